The highest BCUT2D eigenvalue weighted by atomic mass is 32.2. The van der Waals surface area contributed by atoms with Gasteiger partial charge >= 0.3 is 0 Å². The van der Waals surface area contributed by atoms with E-state index in [-0.39, 0.29) is 11.7 Å². The summed E-state index contributed by atoms with van der Waals surface area (Å²) in [6.07, 6.45) is 1.29. The topological polar surface area (TPSA) is 101 Å². The van der Waals surface area contributed by atoms with Crippen molar-refractivity contribution in [1.82, 2.24) is 10.0 Å². The first-order valence-electron chi connectivity index (χ1n) is 6.09. The highest BCUT2D eigenvalue weighted by molar-refractivity contribution is 7.88. The maximum Gasteiger partial charge on any atom is 0.238 e. The van der Waals surface area contributed by atoms with Gasteiger partial charge in [0.1, 0.15) is 6.04 Å². The minimum absolute atomic E-state index is 0.219. The van der Waals surface area contributed by atoms with E-state index in [9.17, 15) is 13.2 Å². The summed E-state index contributed by atoms with van der Waals surface area (Å²) >= 11 is 0. The molecule has 0 saturated carbocycles. The van der Waals surface area contributed by atoms with Gasteiger partial charge in [-0.1, -0.05) is 18.2 Å². The summed E-state index contributed by atoms with van der Waals surface area (Å²) in [6.45, 7) is 0.600. The van der Waals surface area contributed by atoms with Gasteiger partial charge in [-0.3, -0.25) is 4.79 Å². The lowest BCUT2D eigenvalue weighted by Gasteiger charge is -2.22. The van der Waals surface area contributed by atoms with Crippen molar-refractivity contribution in [3.8, 4) is 0 Å². The van der Waals surface area contributed by atoms with Crippen molar-refractivity contribution in [2.24, 2.45) is 0 Å². The first-order valence-corrected chi connectivity index (χ1v) is 7.74. The summed E-state index contributed by atoms with van der Waals surface area (Å²) in [6, 6.07) is 6.11. The van der Waals surface area contributed by atoms with Crippen molar-refractivity contribution >= 4 is 21.6 Å². The molecule has 0 aromatic heterocycles. The van der Waals surface area contributed by atoms with Crippen LogP contribution in [0.25, 0.3) is 0 Å². The third-order valence-electron chi connectivity index (χ3n) is 3.01. The Bertz CT molecular complexity index is 571. The Morgan fingerprint density at radius 3 is 2.79 bits per heavy atom. The lowest BCUT2D eigenvalue weighted by molar-refractivity contribution is -0.124. The Hall–Kier alpha value is -1.60. The van der Waals surface area contributed by atoms with Crippen LogP contribution in [0, 0.1) is 0 Å². The average molecular weight is 283 g/mol. The van der Waals surface area contributed by atoms with Crippen molar-refractivity contribution in [1.29, 1.82) is 0 Å². The number of hydrogen-bond donors (Lipinski definition) is 3. The molecule has 1 unspecified atom stereocenters. The van der Waals surface area contributed by atoms with Crippen molar-refractivity contribution in [2.45, 2.75) is 24.6 Å². The monoisotopic (exact) mass is 283 g/mol. The molecule has 7 heteroatoms. The number of sulfonamides is 1. The molecule has 19 heavy (non-hydrogen) atoms. The largest absolute Gasteiger partial charge is 0.398 e. The van der Waals surface area contributed by atoms with Crippen LogP contribution in [0.1, 0.15) is 18.4 Å². The van der Waals surface area contributed by atoms with E-state index in [4.69, 9.17) is 5.73 Å². The number of para-hydroxylation sites is 1. The number of carbonyl (C=O) groups is 1. The number of nitrogens with two attached hydrogens (primary N) is 1. The number of rotatable bonds is 4. The number of amides is 1. The Balaban J connectivity index is 2.06. The summed E-state index contributed by atoms with van der Waals surface area (Å²) in [5.41, 5.74) is 6.68. The predicted octanol–water partition coefficient (Wildman–Crippen LogP) is -0.0332. The van der Waals surface area contributed by atoms with E-state index in [0.29, 0.717) is 24.2 Å². The minimum Gasteiger partial charge on any atom is -0.398 e. The molecule has 104 valence electrons. The number of nitrogen functional groups attached to an aromatic ring is 1. The summed E-state index contributed by atoms with van der Waals surface area (Å²) < 4.78 is 26.5. The second-order valence-electron chi connectivity index (χ2n) is 4.56. The van der Waals surface area contributed by atoms with Gasteiger partial charge in [0.05, 0.1) is 5.75 Å². The molecule has 2 rings (SSSR count). The Kier molecular flexibility index (Phi) is 4.06. The van der Waals surface area contributed by atoms with Crippen LogP contribution in [0.15, 0.2) is 24.3 Å². The van der Waals surface area contributed by atoms with Crippen LogP contribution in [-0.4, -0.2) is 26.9 Å². The molecule has 1 fully saturated rings. The zero-order valence-corrected chi connectivity index (χ0v) is 11.2. The van der Waals surface area contributed by atoms with Gasteiger partial charge in [0, 0.05) is 12.2 Å². The van der Waals surface area contributed by atoms with Gasteiger partial charge in [0.25, 0.3) is 0 Å². The molecule has 1 aromatic carbocycles. The third-order valence-corrected chi connectivity index (χ3v) is 4.34. The van der Waals surface area contributed by atoms with Crippen LogP contribution in [-0.2, 0) is 20.6 Å². The van der Waals surface area contributed by atoms with E-state index in [1.54, 1.807) is 24.3 Å². The molecule has 1 aliphatic heterocycles. The number of hydrogen-bond acceptors (Lipinski definition) is 4. The van der Waals surface area contributed by atoms with Crippen LogP contribution in [0.5, 0.6) is 0 Å². The van der Waals surface area contributed by atoms with Gasteiger partial charge in [-0.25, -0.2) is 13.1 Å². The molecule has 0 bridgehead atoms. The van der Waals surface area contributed by atoms with E-state index in [0.717, 1.165) is 6.42 Å². The fourth-order valence-electron chi connectivity index (χ4n) is 2.01. The number of nitrogens with one attached hydrogen (secondary N) is 2. The molecule has 0 aliphatic carbocycles. The molecule has 1 aliphatic rings. The Morgan fingerprint density at radius 2 is 2.11 bits per heavy atom. The van der Waals surface area contributed by atoms with Gasteiger partial charge in [-0.2, -0.15) is 0 Å². The fourth-order valence-corrected chi connectivity index (χ4v) is 3.43. The van der Waals surface area contributed by atoms with Crippen LogP contribution in [0.2, 0.25) is 0 Å². The van der Waals surface area contributed by atoms with Gasteiger partial charge < -0.3 is 11.1 Å². The van der Waals surface area contributed by atoms with Crippen LogP contribution >= 0.6 is 0 Å². The van der Waals surface area contributed by atoms with Gasteiger partial charge in [-0.05, 0) is 24.5 Å². The van der Waals surface area contributed by atoms with Crippen molar-refractivity contribution < 1.29 is 13.2 Å². The average Bonchev–Trinajstić information content (AvgIpc) is 2.35. The molecule has 1 amide bonds. The van der Waals surface area contributed by atoms with Gasteiger partial charge in [-0.15, -0.1) is 0 Å². The van der Waals surface area contributed by atoms with Crippen molar-refractivity contribution in [3.63, 3.8) is 0 Å². The van der Waals surface area contributed by atoms with E-state index < -0.39 is 16.1 Å². The van der Waals surface area contributed by atoms with Gasteiger partial charge in [0.2, 0.25) is 15.9 Å². The normalized spacial score (nSPS) is 20.0. The molecule has 1 saturated heterocycles. The molecule has 0 radical (unpaired) electrons. The second kappa shape index (κ2) is 5.58. The lowest BCUT2D eigenvalue weighted by atomic mass is 10.1. The van der Waals surface area contributed by atoms with E-state index in [1.807, 2.05) is 0 Å². The molecule has 1 aromatic rings. The fraction of sp³-hybridized carbons (Fsp3) is 0.417. The van der Waals surface area contributed by atoms with Crippen LogP contribution in [0.3, 0.4) is 0 Å². The lowest BCUT2D eigenvalue weighted by Crippen LogP contribution is -2.50. The first-order chi connectivity index (χ1) is 8.98. The SMILES string of the molecule is Nc1ccccc1CS(=O)(=O)NC1CCCNC1=O. The summed E-state index contributed by atoms with van der Waals surface area (Å²) in [7, 11) is -3.58. The number of anilines is 1. The highest BCUT2D eigenvalue weighted by Gasteiger charge is 2.26. The number of carbonyl (C=O) groups excluding carboxylic acids is 1. The van der Waals surface area contributed by atoms with Crippen molar-refractivity contribution in [3.05, 3.63) is 29.8 Å². The van der Waals surface area contributed by atoms with E-state index >= 15 is 0 Å². The molecular formula is C12H17N3O3S. The second-order valence-corrected chi connectivity index (χ2v) is 6.32. The molecular weight excluding hydrogens is 266 g/mol. The zero-order chi connectivity index (χ0) is 13.9. The summed E-state index contributed by atoms with van der Waals surface area (Å²) in [5, 5.41) is 2.64. The molecule has 1 heterocycles. The summed E-state index contributed by atoms with van der Waals surface area (Å²) in [5.74, 6) is -0.487. The maximum absolute atomic E-state index is 12.0. The third kappa shape index (κ3) is 3.68. The van der Waals surface area contributed by atoms with Gasteiger partial charge in [0.15, 0.2) is 0 Å². The minimum atomic E-state index is -3.58. The number of benzene rings is 1. The predicted molar refractivity (Wildman–Crippen MR) is 72.6 cm³/mol. The molecule has 4 N–H and O–H groups in total. The standard InChI is InChI=1S/C12H17N3O3S/c13-10-5-2-1-4-9(10)8-19(17,18)15-11-6-3-7-14-12(11)16/h1-2,4-5,11,15H,3,6-8,13H2,(H,14,16). The quantitative estimate of drug-likeness (QED) is 0.675. The molecule has 0 spiro atoms. The maximum atomic E-state index is 12.0. The van der Waals surface area contributed by atoms with Crippen LogP contribution in [0.4, 0.5) is 5.69 Å². The molecule has 1 atom stereocenters. The Labute approximate surface area is 112 Å². The number of piperidine rings is 1. The zero-order valence-electron chi connectivity index (χ0n) is 10.4. The van der Waals surface area contributed by atoms with E-state index in [1.165, 1.54) is 0 Å². The summed E-state index contributed by atoms with van der Waals surface area (Å²) in [4.78, 5) is 11.5. The van der Waals surface area contributed by atoms with E-state index in [2.05, 4.69) is 10.0 Å². The smallest absolute Gasteiger partial charge is 0.238 e. The van der Waals surface area contributed by atoms with Crippen molar-refractivity contribution in [2.75, 3.05) is 12.3 Å². The Morgan fingerprint density at radius 1 is 1.37 bits per heavy atom. The first kappa shape index (κ1) is 13.8. The van der Waals surface area contributed by atoms with Crippen LogP contribution < -0.4 is 15.8 Å². The molecule has 6 nitrogen and oxygen atoms in total. The highest BCUT2D eigenvalue weighted by Crippen LogP contribution is 2.14.